The van der Waals surface area contributed by atoms with Crippen molar-refractivity contribution in [3.8, 4) is 5.75 Å². The summed E-state index contributed by atoms with van der Waals surface area (Å²) in [6.07, 6.45) is 1.65. The molecule has 3 aromatic rings. The highest BCUT2D eigenvalue weighted by Gasteiger charge is 2.19. The molecule has 0 fully saturated rings. The van der Waals surface area contributed by atoms with Crippen LogP contribution in [0.4, 0.5) is 0 Å². The van der Waals surface area contributed by atoms with Crippen LogP contribution in [-0.4, -0.2) is 15.9 Å². The molecule has 0 atom stereocenters. The molecule has 0 aliphatic rings. The molecular formula is C12H7NO2S2. The highest BCUT2D eigenvalue weighted by atomic mass is 32.1. The van der Waals surface area contributed by atoms with Gasteiger partial charge in [0.25, 0.3) is 0 Å². The van der Waals surface area contributed by atoms with E-state index in [1.807, 2.05) is 5.38 Å². The standard InChI is InChI=1S/C12H7NO2S2/c14-9(7-3-5-16-6-7)11-10(15)8-2-1-4-13-12(8)17-11/h1-6,15H. The summed E-state index contributed by atoms with van der Waals surface area (Å²) in [5.41, 5.74) is 0.608. The third-order valence-corrected chi connectivity index (χ3v) is 4.21. The van der Waals surface area contributed by atoms with Gasteiger partial charge in [0, 0.05) is 17.1 Å². The molecule has 3 nitrogen and oxygen atoms in total. The van der Waals surface area contributed by atoms with E-state index >= 15 is 0 Å². The summed E-state index contributed by atoms with van der Waals surface area (Å²) in [6, 6.07) is 5.26. The maximum Gasteiger partial charge on any atom is 0.207 e. The lowest BCUT2D eigenvalue weighted by molar-refractivity contribution is 0.104. The lowest BCUT2D eigenvalue weighted by Crippen LogP contribution is -1.95. The first-order valence-corrected chi connectivity index (χ1v) is 6.66. The van der Waals surface area contributed by atoms with E-state index in [-0.39, 0.29) is 11.5 Å². The molecule has 1 N–H and O–H groups in total. The molecule has 0 saturated heterocycles. The Hall–Kier alpha value is -1.72. The van der Waals surface area contributed by atoms with E-state index in [4.69, 9.17) is 0 Å². The fourth-order valence-corrected chi connectivity index (χ4v) is 3.23. The molecule has 0 saturated carbocycles. The minimum absolute atomic E-state index is 0.0364. The van der Waals surface area contributed by atoms with Crippen LogP contribution in [0.1, 0.15) is 15.2 Å². The van der Waals surface area contributed by atoms with Gasteiger partial charge in [0.1, 0.15) is 15.5 Å². The van der Waals surface area contributed by atoms with Crippen LogP contribution in [0.15, 0.2) is 35.2 Å². The average molecular weight is 261 g/mol. The maximum absolute atomic E-state index is 12.1. The summed E-state index contributed by atoms with van der Waals surface area (Å²) < 4.78 is 0. The SMILES string of the molecule is O=C(c1ccsc1)c1sc2ncccc2c1O. The molecule has 0 aliphatic heterocycles. The van der Waals surface area contributed by atoms with Crippen molar-refractivity contribution in [1.82, 2.24) is 4.98 Å². The number of carbonyl (C=O) groups is 1. The Balaban J connectivity index is 2.18. The number of hydrogen-bond donors (Lipinski definition) is 1. The van der Waals surface area contributed by atoms with E-state index in [2.05, 4.69) is 4.98 Å². The summed E-state index contributed by atoms with van der Waals surface area (Å²) in [5, 5.41) is 14.3. The van der Waals surface area contributed by atoms with Crippen molar-refractivity contribution in [2.75, 3.05) is 0 Å². The topological polar surface area (TPSA) is 50.2 Å². The predicted octanol–water partition coefficient (Wildman–Crippen LogP) is 3.29. The number of aromatic nitrogens is 1. The number of pyridine rings is 1. The minimum Gasteiger partial charge on any atom is -0.506 e. The first kappa shape index (κ1) is 10.4. The molecule has 0 radical (unpaired) electrons. The number of ketones is 1. The second-order valence-corrected chi connectivity index (χ2v) is 5.26. The zero-order valence-corrected chi connectivity index (χ0v) is 10.2. The Morgan fingerprint density at radius 3 is 2.94 bits per heavy atom. The van der Waals surface area contributed by atoms with E-state index in [0.717, 1.165) is 0 Å². The predicted molar refractivity (Wildman–Crippen MR) is 69.0 cm³/mol. The number of aromatic hydroxyl groups is 1. The number of rotatable bonds is 2. The number of carbonyl (C=O) groups excluding carboxylic acids is 1. The molecule has 5 heteroatoms. The first-order chi connectivity index (χ1) is 8.27. The largest absolute Gasteiger partial charge is 0.506 e. The van der Waals surface area contributed by atoms with Crippen LogP contribution >= 0.6 is 22.7 Å². The summed E-state index contributed by atoms with van der Waals surface area (Å²) >= 11 is 2.69. The van der Waals surface area contributed by atoms with E-state index in [0.29, 0.717) is 20.7 Å². The van der Waals surface area contributed by atoms with Crippen LogP contribution in [0.2, 0.25) is 0 Å². The third kappa shape index (κ3) is 1.64. The van der Waals surface area contributed by atoms with Crippen molar-refractivity contribution < 1.29 is 9.90 Å². The zero-order chi connectivity index (χ0) is 11.8. The van der Waals surface area contributed by atoms with Crippen molar-refractivity contribution in [3.05, 3.63) is 45.6 Å². The molecule has 17 heavy (non-hydrogen) atoms. The Kier molecular flexibility index (Phi) is 2.42. The molecule has 0 aromatic carbocycles. The van der Waals surface area contributed by atoms with E-state index < -0.39 is 0 Å². The number of fused-ring (bicyclic) bond motifs is 1. The van der Waals surface area contributed by atoms with Gasteiger partial charge in [-0.05, 0) is 23.6 Å². The van der Waals surface area contributed by atoms with Crippen LogP contribution in [0.5, 0.6) is 5.75 Å². The van der Waals surface area contributed by atoms with Gasteiger partial charge in [-0.3, -0.25) is 4.79 Å². The molecule has 0 unspecified atom stereocenters. The highest BCUT2D eigenvalue weighted by molar-refractivity contribution is 7.21. The van der Waals surface area contributed by atoms with Gasteiger partial charge in [-0.1, -0.05) is 0 Å². The zero-order valence-electron chi connectivity index (χ0n) is 8.58. The molecule has 0 bridgehead atoms. The van der Waals surface area contributed by atoms with Crippen molar-refractivity contribution in [2.45, 2.75) is 0 Å². The Morgan fingerprint density at radius 1 is 1.35 bits per heavy atom. The fraction of sp³-hybridized carbons (Fsp3) is 0. The summed E-state index contributed by atoms with van der Waals surface area (Å²) in [5.74, 6) is -0.110. The molecule has 3 heterocycles. The molecule has 0 spiro atoms. The summed E-state index contributed by atoms with van der Waals surface area (Å²) in [7, 11) is 0. The molecule has 0 amide bonds. The Morgan fingerprint density at radius 2 is 2.24 bits per heavy atom. The van der Waals surface area contributed by atoms with Gasteiger partial charge in [-0.25, -0.2) is 4.98 Å². The second-order valence-electron chi connectivity index (χ2n) is 3.48. The number of thiophene rings is 2. The molecule has 0 aliphatic carbocycles. The molecule has 84 valence electrons. The lowest BCUT2D eigenvalue weighted by atomic mass is 10.1. The summed E-state index contributed by atoms with van der Waals surface area (Å²) in [6.45, 7) is 0. The van der Waals surface area contributed by atoms with Crippen LogP contribution in [0, 0.1) is 0 Å². The van der Waals surface area contributed by atoms with Crippen LogP contribution in [-0.2, 0) is 0 Å². The quantitative estimate of drug-likeness (QED) is 0.720. The minimum atomic E-state index is -0.147. The van der Waals surface area contributed by atoms with Gasteiger partial charge >= 0.3 is 0 Å². The summed E-state index contributed by atoms with van der Waals surface area (Å²) in [4.78, 5) is 17.3. The van der Waals surface area contributed by atoms with E-state index in [1.165, 1.54) is 22.7 Å². The van der Waals surface area contributed by atoms with Crippen molar-refractivity contribution >= 4 is 38.7 Å². The van der Waals surface area contributed by atoms with E-state index in [1.54, 1.807) is 29.8 Å². The van der Waals surface area contributed by atoms with Gasteiger partial charge in [-0.15, -0.1) is 11.3 Å². The van der Waals surface area contributed by atoms with Crippen LogP contribution in [0.3, 0.4) is 0 Å². The second kappa shape index (κ2) is 3.94. The maximum atomic E-state index is 12.1. The van der Waals surface area contributed by atoms with E-state index in [9.17, 15) is 9.90 Å². The highest BCUT2D eigenvalue weighted by Crippen LogP contribution is 2.36. The Labute approximate surface area is 105 Å². The van der Waals surface area contributed by atoms with Gasteiger partial charge in [0.2, 0.25) is 5.78 Å². The monoisotopic (exact) mass is 261 g/mol. The van der Waals surface area contributed by atoms with Gasteiger partial charge in [0.05, 0.1) is 5.39 Å². The number of hydrogen-bond acceptors (Lipinski definition) is 5. The molecule has 3 rings (SSSR count). The third-order valence-electron chi connectivity index (χ3n) is 2.43. The van der Waals surface area contributed by atoms with Crippen molar-refractivity contribution in [3.63, 3.8) is 0 Å². The van der Waals surface area contributed by atoms with Gasteiger partial charge in [0.15, 0.2) is 0 Å². The van der Waals surface area contributed by atoms with Crippen LogP contribution < -0.4 is 0 Å². The van der Waals surface area contributed by atoms with Crippen molar-refractivity contribution in [2.24, 2.45) is 0 Å². The molecule has 3 aromatic heterocycles. The van der Waals surface area contributed by atoms with Gasteiger partial charge < -0.3 is 5.11 Å². The lowest BCUT2D eigenvalue weighted by Gasteiger charge is -1.94. The fourth-order valence-electron chi connectivity index (χ4n) is 1.60. The Bertz CT molecular complexity index is 686. The average Bonchev–Trinajstić information content (AvgIpc) is 2.97. The number of nitrogens with zero attached hydrogens (tertiary/aromatic N) is 1. The van der Waals surface area contributed by atoms with Gasteiger partial charge in [-0.2, -0.15) is 11.3 Å². The smallest absolute Gasteiger partial charge is 0.207 e. The normalized spacial score (nSPS) is 10.8. The first-order valence-electron chi connectivity index (χ1n) is 4.91. The van der Waals surface area contributed by atoms with Crippen molar-refractivity contribution in [1.29, 1.82) is 0 Å². The molecular weight excluding hydrogens is 254 g/mol. The van der Waals surface area contributed by atoms with Crippen LogP contribution in [0.25, 0.3) is 10.2 Å².